The second-order valence-electron chi connectivity index (χ2n) is 3.76. The molecule has 0 spiro atoms. The fourth-order valence-corrected chi connectivity index (χ4v) is 1.67. The Bertz CT molecular complexity index is 420. The van der Waals surface area contributed by atoms with Gasteiger partial charge < -0.3 is 10.2 Å². The summed E-state index contributed by atoms with van der Waals surface area (Å²) in [4.78, 5) is 29.1. The monoisotopic (exact) mass is 313 g/mol. The van der Waals surface area contributed by atoms with Crippen LogP contribution in [0.2, 0.25) is 0 Å². The summed E-state index contributed by atoms with van der Waals surface area (Å²) in [5.74, 6) is -0.415. The predicted molar refractivity (Wildman–Crippen MR) is 72.2 cm³/mol. The summed E-state index contributed by atoms with van der Waals surface area (Å²) in [6.07, 6.45) is 2.36. The normalized spacial score (nSPS) is 9.94. The number of hydrogen-bond donors (Lipinski definition) is 1. The van der Waals surface area contributed by atoms with Crippen molar-refractivity contribution < 1.29 is 9.59 Å². The Morgan fingerprint density at radius 1 is 1.44 bits per heavy atom. The Hall–Kier alpha value is -1.43. The van der Waals surface area contributed by atoms with Gasteiger partial charge in [0.05, 0.1) is 6.54 Å². The van der Waals surface area contributed by atoms with Crippen molar-refractivity contribution in [2.24, 2.45) is 0 Å². The van der Waals surface area contributed by atoms with Crippen molar-refractivity contribution in [3.8, 4) is 0 Å². The predicted octanol–water partition coefficient (Wildman–Crippen LogP) is 1.44. The standard InChI is InChI=1S/C12H16BrN3O2/c1-3-6-16(8-11(17)14-2)12(18)10-5-4-9(13)7-15-10/h4-5,7H,3,6,8H2,1-2H3,(H,14,17). The van der Waals surface area contributed by atoms with E-state index in [1.807, 2.05) is 6.92 Å². The van der Waals surface area contributed by atoms with E-state index < -0.39 is 0 Å². The Kier molecular flexibility index (Phi) is 5.77. The summed E-state index contributed by atoms with van der Waals surface area (Å²) in [6, 6.07) is 3.39. The van der Waals surface area contributed by atoms with E-state index in [4.69, 9.17) is 0 Å². The van der Waals surface area contributed by atoms with E-state index in [9.17, 15) is 9.59 Å². The number of halogens is 1. The molecule has 0 aliphatic carbocycles. The maximum Gasteiger partial charge on any atom is 0.272 e. The van der Waals surface area contributed by atoms with Gasteiger partial charge in [-0.25, -0.2) is 4.98 Å². The van der Waals surface area contributed by atoms with E-state index >= 15 is 0 Å². The number of rotatable bonds is 5. The van der Waals surface area contributed by atoms with Crippen LogP contribution in [0.1, 0.15) is 23.8 Å². The molecule has 0 unspecified atom stereocenters. The quantitative estimate of drug-likeness (QED) is 0.894. The van der Waals surface area contributed by atoms with Gasteiger partial charge >= 0.3 is 0 Å². The van der Waals surface area contributed by atoms with Crippen LogP contribution in [0, 0.1) is 0 Å². The molecular weight excluding hydrogens is 298 g/mol. The molecule has 1 rings (SSSR count). The van der Waals surface area contributed by atoms with Crippen LogP contribution in [0.4, 0.5) is 0 Å². The first kappa shape index (κ1) is 14.6. The van der Waals surface area contributed by atoms with Crippen molar-refractivity contribution >= 4 is 27.7 Å². The van der Waals surface area contributed by atoms with Crippen LogP contribution in [0.5, 0.6) is 0 Å². The Morgan fingerprint density at radius 2 is 2.17 bits per heavy atom. The van der Waals surface area contributed by atoms with E-state index in [0.717, 1.165) is 10.9 Å². The van der Waals surface area contributed by atoms with E-state index in [2.05, 4.69) is 26.2 Å². The molecule has 0 aliphatic rings. The zero-order chi connectivity index (χ0) is 13.5. The minimum Gasteiger partial charge on any atom is -0.358 e. The van der Waals surface area contributed by atoms with Crippen LogP contribution in [0.3, 0.4) is 0 Å². The lowest BCUT2D eigenvalue weighted by molar-refractivity contribution is -0.121. The molecule has 0 aromatic carbocycles. The van der Waals surface area contributed by atoms with Crippen LogP contribution in [0.25, 0.3) is 0 Å². The minimum atomic E-state index is -0.229. The Morgan fingerprint density at radius 3 is 2.67 bits per heavy atom. The van der Waals surface area contributed by atoms with Crippen LogP contribution < -0.4 is 5.32 Å². The lowest BCUT2D eigenvalue weighted by Gasteiger charge is -2.20. The van der Waals surface area contributed by atoms with Gasteiger partial charge in [-0.3, -0.25) is 9.59 Å². The topological polar surface area (TPSA) is 62.3 Å². The molecule has 1 aromatic rings. The molecule has 6 heteroatoms. The SMILES string of the molecule is CCCN(CC(=O)NC)C(=O)c1ccc(Br)cn1. The van der Waals surface area contributed by atoms with E-state index in [-0.39, 0.29) is 18.4 Å². The number of amides is 2. The molecular formula is C12H16BrN3O2. The average Bonchev–Trinajstić information content (AvgIpc) is 2.38. The highest BCUT2D eigenvalue weighted by Crippen LogP contribution is 2.09. The third kappa shape index (κ3) is 4.10. The smallest absolute Gasteiger partial charge is 0.272 e. The summed E-state index contributed by atoms with van der Waals surface area (Å²) in [7, 11) is 1.55. The van der Waals surface area contributed by atoms with Crippen molar-refractivity contribution in [2.75, 3.05) is 20.1 Å². The van der Waals surface area contributed by atoms with Crippen LogP contribution in [0.15, 0.2) is 22.8 Å². The number of nitrogens with one attached hydrogen (secondary N) is 1. The maximum atomic E-state index is 12.2. The van der Waals surface area contributed by atoms with Crippen molar-refractivity contribution in [1.82, 2.24) is 15.2 Å². The highest BCUT2D eigenvalue weighted by Gasteiger charge is 2.18. The zero-order valence-electron chi connectivity index (χ0n) is 10.4. The van der Waals surface area contributed by atoms with E-state index in [1.165, 1.54) is 4.90 Å². The highest BCUT2D eigenvalue weighted by molar-refractivity contribution is 9.10. The number of carbonyl (C=O) groups excluding carboxylic acids is 2. The third-order valence-electron chi connectivity index (χ3n) is 2.34. The molecule has 0 atom stereocenters. The molecule has 1 N–H and O–H groups in total. The lowest BCUT2D eigenvalue weighted by Crippen LogP contribution is -2.40. The van der Waals surface area contributed by atoms with Gasteiger partial charge in [0.15, 0.2) is 0 Å². The lowest BCUT2D eigenvalue weighted by atomic mass is 10.3. The van der Waals surface area contributed by atoms with Crippen molar-refractivity contribution in [3.63, 3.8) is 0 Å². The van der Waals surface area contributed by atoms with Crippen LogP contribution >= 0.6 is 15.9 Å². The van der Waals surface area contributed by atoms with Gasteiger partial charge in [-0.1, -0.05) is 6.92 Å². The minimum absolute atomic E-state index is 0.0565. The summed E-state index contributed by atoms with van der Waals surface area (Å²) in [6.45, 7) is 2.55. The second kappa shape index (κ2) is 7.10. The van der Waals surface area contributed by atoms with Gasteiger partial charge in [0, 0.05) is 24.3 Å². The van der Waals surface area contributed by atoms with E-state index in [0.29, 0.717) is 12.2 Å². The number of likely N-dealkylation sites (N-methyl/N-ethyl adjacent to an activating group) is 1. The molecule has 98 valence electrons. The first-order valence-electron chi connectivity index (χ1n) is 5.70. The van der Waals surface area contributed by atoms with Gasteiger partial charge in [0.1, 0.15) is 5.69 Å². The van der Waals surface area contributed by atoms with Crippen molar-refractivity contribution in [3.05, 3.63) is 28.5 Å². The first-order valence-corrected chi connectivity index (χ1v) is 6.49. The van der Waals surface area contributed by atoms with Gasteiger partial charge in [0.2, 0.25) is 5.91 Å². The molecule has 1 aromatic heterocycles. The summed E-state index contributed by atoms with van der Waals surface area (Å²) in [5, 5.41) is 2.51. The molecule has 0 radical (unpaired) electrons. The van der Waals surface area contributed by atoms with Gasteiger partial charge in [-0.15, -0.1) is 0 Å². The fraction of sp³-hybridized carbons (Fsp3) is 0.417. The number of nitrogens with zero attached hydrogens (tertiary/aromatic N) is 2. The van der Waals surface area contributed by atoms with Gasteiger partial charge in [0.25, 0.3) is 5.91 Å². The van der Waals surface area contributed by atoms with E-state index in [1.54, 1.807) is 25.4 Å². The second-order valence-corrected chi connectivity index (χ2v) is 4.68. The van der Waals surface area contributed by atoms with Gasteiger partial charge in [-0.05, 0) is 34.5 Å². The number of aromatic nitrogens is 1. The molecule has 0 bridgehead atoms. The van der Waals surface area contributed by atoms with Crippen LogP contribution in [-0.4, -0.2) is 41.8 Å². The molecule has 0 fully saturated rings. The van der Waals surface area contributed by atoms with Crippen molar-refractivity contribution in [2.45, 2.75) is 13.3 Å². The molecule has 0 saturated heterocycles. The Labute approximate surface area is 115 Å². The molecule has 1 heterocycles. The summed E-state index contributed by atoms with van der Waals surface area (Å²) >= 11 is 3.26. The average molecular weight is 314 g/mol. The molecule has 0 saturated carbocycles. The molecule has 5 nitrogen and oxygen atoms in total. The summed E-state index contributed by atoms with van der Waals surface area (Å²) in [5.41, 5.74) is 0.343. The number of hydrogen-bond acceptors (Lipinski definition) is 3. The third-order valence-corrected chi connectivity index (χ3v) is 2.81. The zero-order valence-corrected chi connectivity index (χ0v) is 12.0. The molecule has 0 aliphatic heterocycles. The first-order chi connectivity index (χ1) is 8.58. The fourth-order valence-electron chi connectivity index (χ4n) is 1.44. The van der Waals surface area contributed by atoms with Gasteiger partial charge in [-0.2, -0.15) is 0 Å². The summed E-state index contributed by atoms with van der Waals surface area (Å²) < 4.78 is 0.812. The maximum absolute atomic E-state index is 12.2. The number of carbonyl (C=O) groups is 2. The molecule has 2 amide bonds. The largest absolute Gasteiger partial charge is 0.358 e. The highest BCUT2D eigenvalue weighted by atomic mass is 79.9. The van der Waals surface area contributed by atoms with Crippen molar-refractivity contribution in [1.29, 1.82) is 0 Å². The molecule has 18 heavy (non-hydrogen) atoms. The van der Waals surface area contributed by atoms with Crippen LogP contribution in [-0.2, 0) is 4.79 Å². The number of pyridine rings is 1. The Balaban J connectivity index is 2.81.